The van der Waals surface area contributed by atoms with E-state index in [1.54, 1.807) is 11.3 Å². The Morgan fingerprint density at radius 1 is 1.25 bits per heavy atom. The lowest BCUT2D eigenvalue weighted by atomic mass is 9.89. The Kier molecular flexibility index (Phi) is 5.36. The monoisotopic (exact) mass is 340 g/mol. The van der Waals surface area contributed by atoms with E-state index in [-0.39, 0.29) is 11.8 Å². The maximum absolute atomic E-state index is 12.4. The van der Waals surface area contributed by atoms with Crippen molar-refractivity contribution in [2.24, 2.45) is 5.92 Å². The standard InChI is InChI=1S/C20H24N2OS/c1-14(2)7-9-21-20(23)11-17(15-8-10-24-13-15)18-12-22-19-6-4-3-5-16(18)19/h3-6,8,10,12-14,17,22H,7,9,11H2,1-2H3,(H,21,23). The fourth-order valence-corrected chi connectivity index (χ4v) is 3.73. The number of thiophene rings is 1. The first kappa shape index (κ1) is 16.8. The summed E-state index contributed by atoms with van der Waals surface area (Å²) < 4.78 is 0. The summed E-state index contributed by atoms with van der Waals surface area (Å²) in [6.45, 7) is 5.10. The van der Waals surface area contributed by atoms with Gasteiger partial charge in [-0.1, -0.05) is 32.0 Å². The topological polar surface area (TPSA) is 44.9 Å². The zero-order valence-electron chi connectivity index (χ0n) is 14.2. The van der Waals surface area contributed by atoms with Gasteiger partial charge in [0, 0.05) is 36.0 Å². The zero-order valence-corrected chi connectivity index (χ0v) is 15.0. The molecule has 4 heteroatoms. The SMILES string of the molecule is CC(C)CCNC(=O)CC(c1ccsc1)c1c[nH]c2ccccc12. The predicted molar refractivity (Wildman–Crippen MR) is 102 cm³/mol. The van der Waals surface area contributed by atoms with E-state index in [2.05, 4.69) is 53.1 Å². The Hall–Kier alpha value is -2.07. The van der Waals surface area contributed by atoms with Crippen LogP contribution in [0.15, 0.2) is 47.3 Å². The minimum Gasteiger partial charge on any atom is -0.361 e. The first-order chi connectivity index (χ1) is 11.6. The number of aromatic amines is 1. The molecule has 24 heavy (non-hydrogen) atoms. The van der Waals surface area contributed by atoms with E-state index in [0.717, 1.165) is 18.5 Å². The van der Waals surface area contributed by atoms with Crippen molar-refractivity contribution in [3.8, 4) is 0 Å². The lowest BCUT2D eigenvalue weighted by molar-refractivity contribution is -0.121. The Morgan fingerprint density at radius 3 is 2.83 bits per heavy atom. The van der Waals surface area contributed by atoms with Gasteiger partial charge in [0.05, 0.1) is 0 Å². The second-order valence-corrected chi connectivity index (χ2v) is 7.42. The number of amides is 1. The van der Waals surface area contributed by atoms with Crippen LogP contribution >= 0.6 is 11.3 Å². The fourth-order valence-electron chi connectivity index (χ4n) is 3.02. The van der Waals surface area contributed by atoms with Crippen molar-refractivity contribution >= 4 is 28.1 Å². The van der Waals surface area contributed by atoms with Gasteiger partial charge in [0.15, 0.2) is 0 Å². The number of H-pyrrole nitrogens is 1. The van der Waals surface area contributed by atoms with Crippen LogP contribution in [0, 0.1) is 5.92 Å². The normalized spacial score (nSPS) is 12.6. The maximum Gasteiger partial charge on any atom is 0.220 e. The summed E-state index contributed by atoms with van der Waals surface area (Å²) >= 11 is 1.68. The number of aromatic nitrogens is 1. The molecule has 0 saturated carbocycles. The van der Waals surface area contributed by atoms with Crippen molar-refractivity contribution in [1.82, 2.24) is 10.3 Å². The minimum absolute atomic E-state index is 0.0893. The summed E-state index contributed by atoms with van der Waals surface area (Å²) in [6, 6.07) is 10.4. The van der Waals surface area contributed by atoms with Crippen LogP contribution in [0.2, 0.25) is 0 Å². The van der Waals surface area contributed by atoms with Gasteiger partial charge in [-0.3, -0.25) is 4.79 Å². The smallest absolute Gasteiger partial charge is 0.220 e. The molecule has 0 fully saturated rings. The quantitative estimate of drug-likeness (QED) is 0.630. The molecule has 0 aliphatic rings. The van der Waals surface area contributed by atoms with E-state index >= 15 is 0 Å². The van der Waals surface area contributed by atoms with Crippen molar-refractivity contribution < 1.29 is 4.79 Å². The third-order valence-electron chi connectivity index (χ3n) is 4.38. The molecule has 2 N–H and O–H groups in total. The highest BCUT2D eigenvalue weighted by atomic mass is 32.1. The summed E-state index contributed by atoms with van der Waals surface area (Å²) in [5, 5.41) is 8.49. The molecular weight excluding hydrogens is 316 g/mol. The third-order valence-corrected chi connectivity index (χ3v) is 5.08. The van der Waals surface area contributed by atoms with Gasteiger partial charge in [0.1, 0.15) is 0 Å². The minimum atomic E-state index is 0.0893. The highest BCUT2D eigenvalue weighted by Gasteiger charge is 2.21. The molecule has 3 nitrogen and oxygen atoms in total. The second kappa shape index (κ2) is 7.67. The summed E-state index contributed by atoms with van der Waals surface area (Å²) in [6.07, 6.45) is 3.55. The van der Waals surface area contributed by atoms with Gasteiger partial charge < -0.3 is 10.3 Å². The summed E-state index contributed by atoms with van der Waals surface area (Å²) in [5.41, 5.74) is 3.53. The molecular formula is C20H24N2OS. The van der Waals surface area contributed by atoms with Crippen LogP contribution < -0.4 is 5.32 Å². The lowest BCUT2D eigenvalue weighted by Gasteiger charge is -2.16. The Bertz CT molecular complexity index is 789. The van der Waals surface area contributed by atoms with Crippen LogP contribution in [0.3, 0.4) is 0 Å². The van der Waals surface area contributed by atoms with Crippen molar-refractivity contribution in [3.05, 3.63) is 58.4 Å². The molecule has 1 unspecified atom stereocenters. The van der Waals surface area contributed by atoms with Crippen molar-refractivity contribution in [3.63, 3.8) is 0 Å². The number of nitrogens with one attached hydrogen (secondary N) is 2. The number of carbonyl (C=O) groups excluding carboxylic acids is 1. The van der Waals surface area contributed by atoms with Crippen LogP contribution in [-0.4, -0.2) is 17.4 Å². The average Bonchev–Trinajstić information content (AvgIpc) is 3.22. The number of rotatable bonds is 7. The van der Waals surface area contributed by atoms with E-state index in [9.17, 15) is 4.79 Å². The lowest BCUT2D eigenvalue weighted by Crippen LogP contribution is -2.27. The molecule has 3 rings (SSSR count). The van der Waals surface area contributed by atoms with Crippen LogP contribution in [0.1, 0.15) is 43.7 Å². The van der Waals surface area contributed by atoms with E-state index in [4.69, 9.17) is 0 Å². The molecule has 1 aromatic carbocycles. The van der Waals surface area contributed by atoms with Crippen LogP contribution in [0.4, 0.5) is 0 Å². The number of carbonyl (C=O) groups is 1. The van der Waals surface area contributed by atoms with E-state index in [1.807, 2.05) is 18.3 Å². The number of benzene rings is 1. The molecule has 0 aliphatic heterocycles. The zero-order chi connectivity index (χ0) is 16.9. The molecule has 2 heterocycles. The van der Waals surface area contributed by atoms with Crippen molar-refractivity contribution in [2.45, 2.75) is 32.6 Å². The largest absolute Gasteiger partial charge is 0.361 e. The van der Waals surface area contributed by atoms with Crippen LogP contribution in [-0.2, 0) is 4.79 Å². The van der Waals surface area contributed by atoms with Gasteiger partial charge in [-0.2, -0.15) is 11.3 Å². The molecule has 126 valence electrons. The predicted octanol–water partition coefficient (Wildman–Crippen LogP) is 4.91. The first-order valence-electron chi connectivity index (χ1n) is 8.50. The molecule has 3 aromatic rings. The first-order valence-corrected chi connectivity index (χ1v) is 9.44. The summed E-state index contributed by atoms with van der Waals surface area (Å²) in [4.78, 5) is 15.8. The Balaban J connectivity index is 1.81. The summed E-state index contributed by atoms with van der Waals surface area (Å²) in [7, 11) is 0. The van der Waals surface area contributed by atoms with Crippen LogP contribution in [0.5, 0.6) is 0 Å². The molecule has 0 spiro atoms. The van der Waals surface area contributed by atoms with E-state index in [0.29, 0.717) is 12.3 Å². The van der Waals surface area contributed by atoms with Gasteiger partial charge in [-0.25, -0.2) is 0 Å². The summed E-state index contributed by atoms with van der Waals surface area (Å²) in [5.74, 6) is 0.815. The number of hydrogen-bond donors (Lipinski definition) is 2. The third kappa shape index (κ3) is 3.88. The highest BCUT2D eigenvalue weighted by molar-refractivity contribution is 7.08. The molecule has 1 atom stereocenters. The molecule has 0 aliphatic carbocycles. The molecule has 0 saturated heterocycles. The molecule has 0 radical (unpaired) electrons. The molecule has 2 aromatic heterocycles. The van der Waals surface area contributed by atoms with Gasteiger partial charge in [-0.15, -0.1) is 0 Å². The second-order valence-electron chi connectivity index (χ2n) is 6.64. The van der Waals surface area contributed by atoms with Gasteiger partial charge in [0.2, 0.25) is 5.91 Å². The van der Waals surface area contributed by atoms with Gasteiger partial charge in [-0.05, 0) is 46.4 Å². The van der Waals surface area contributed by atoms with E-state index in [1.165, 1.54) is 16.5 Å². The number of para-hydroxylation sites is 1. The molecule has 0 bridgehead atoms. The number of fused-ring (bicyclic) bond motifs is 1. The van der Waals surface area contributed by atoms with Crippen molar-refractivity contribution in [1.29, 1.82) is 0 Å². The Morgan fingerprint density at radius 2 is 2.08 bits per heavy atom. The van der Waals surface area contributed by atoms with Crippen molar-refractivity contribution in [2.75, 3.05) is 6.54 Å². The Labute approximate surface area is 147 Å². The maximum atomic E-state index is 12.4. The average molecular weight is 340 g/mol. The van der Waals surface area contributed by atoms with Gasteiger partial charge >= 0.3 is 0 Å². The fraction of sp³-hybridized carbons (Fsp3) is 0.350. The number of hydrogen-bond acceptors (Lipinski definition) is 2. The van der Waals surface area contributed by atoms with Crippen LogP contribution in [0.25, 0.3) is 10.9 Å². The highest BCUT2D eigenvalue weighted by Crippen LogP contribution is 2.34. The molecule has 1 amide bonds. The van der Waals surface area contributed by atoms with Gasteiger partial charge in [0.25, 0.3) is 0 Å². The van der Waals surface area contributed by atoms with E-state index < -0.39 is 0 Å².